The standard InChI is InChI=1S/C17H22N2O4/c1-11(2)23-16-8-4-6-13(19-16)17(21)18-12(3)10-14(20)15-7-5-9-22-15/h4-9,11-12,14,20H,10H2,1-3H3,(H,18,21). The largest absolute Gasteiger partial charge is 0.475 e. The molecular weight excluding hydrogens is 296 g/mol. The molecule has 6 heteroatoms. The second-order valence-corrected chi connectivity index (χ2v) is 5.67. The van der Waals surface area contributed by atoms with Gasteiger partial charge >= 0.3 is 0 Å². The summed E-state index contributed by atoms with van der Waals surface area (Å²) in [5.41, 5.74) is 0.280. The number of amides is 1. The monoisotopic (exact) mass is 318 g/mol. The maximum absolute atomic E-state index is 12.2. The molecule has 124 valence electrons. The number of furan rings is 1. The number of pyridine rings is 1. The van der Waals surface area contributed by atoms with Gasteiger partial charge in [-0.05, 0) is 39.0 Å². The number of rotatable bonds is 7. The number of aliphatic hydroxyl groups is 1. The first-order valence-corrected chi connectivity index (χ1v) is 7.61. The lowest BCUT2D eigenvalue weighted by molar-refractivity contribution is 0.0896. The van der Waals surface area contributed by atoms with Crippen LogP contribution in [0.2, 0.25) is 0 Å². The molecule has 0 saturated heterocycles. The summed E-state index contributed by atoms with van der Waals surface area (Å²) in [6, 6.07) is 8.24. The predicted octanol–water partition coefficient (Wildman–Crippen LogP) is 2.70. The number of nitrogens with zero attached hydrogens (tertiary/aromatic N) is 1. The maximum atomic E-state index is 12.2. The molecule has 23 heavy (non-hydrogen) atoms. The number of ether oxygens (including phenoxy) is 1. The van der Waals surface area contributed by atoms with Crippen molar-refractivity contribution in [3.05, 3.63) is 48.0 Å². The Morgan fingerprint density at radius 2 is 2.09 bits per heavy atom. The van der Waals surface area contributed by atoms with Gasteiger partial charge in [0.05, 0.1) is 12.4 Å². The van der Waals surface area contributed by atoms with Crippen molar-refractivity contribution in [3.8, 4) is 5.88 Å². The third-order valence-electron chi connectivity index (χ3n) is 3.14. The van der Waals surface area contributed by atoms with Crippen LogP contribution in [0.1, 0.15) is 49.5 Å². The topological polar surface area (TPSA) is 84.6 Å². The van der Waals surface area contributed by atoms with Gasteiger partial charge in [-0.3, -0.25) is 4.79 Å². The SMILES string of the molecule is CC(CC(O)c1ccco1)NC(=O)c1cccc(OC(C)C)n1. The van der Waals surface area contributed by atoms with Crippen molar-refractivity contribution in [2.75, 3.05) is 0 Å². The molecule has 2 atom stereocenters. The highest BCUT2D eigenvalue weighted by Gasteiger charge is 2.18. The zero-order chi connectivity index (χ0) is 16.8. The zero-order valence-corrected chi connectivity index (χ0v) is 13.5. The molecule has 2 N–H and O–H groups in total. The molecule has 2 aromatic rings. The Morgan fingerprint density at radius 1 is 1.30 bits per heavy atom. The molecule has 0 aliphatic heterocycles. The average molecular weight is 318 g/mol. The average Bonchev–Trinajstić information content (AvgIpc) is 3.00. The minimum atomic E-state index is -0.760. The van der Waals surface area contributed by atoms with Gasteiger partial charge < -0.3 is 19.6 Å². The molecule has 0 aromatic carbocycles. The molecule has 2 heterocycles. The highest BCUT2D eigenvalue weighted by atomic mass is 16.5. The Hall–Kier alpha value is -2.34. The van der Waals surface area contributed by atoms with Crippen LogP contribution in [0.4, 0.5) is 0 Å². The van der Waals surface area contributed by atoms with Crippen molar-refractivity contribution in [2.24, 2.45) is 0 Å². The molecule has 0 radical (unpaired) electrons. The van der Waals surface area contributed by atoms with Gasteiger partial charge in [0.1, 0.15) is 17.6 Å². The number of carbonyl (C=O) groups is 1. The van der Waals surface area contributed by atoms with E-state index in [4.69, 9.17) is 9.15 Å². The van der Waals surface area contributed by atoms with Crippen molar-refractivity contribution in [3.63, 3.8) is 0 Å². The van der Waals surface area contributed by atoms with E-state index in [9.17, 15) is 9.90 Å². The van der Waals surface area contributed by atoms with E-state index in [1.54, 1.807) is 30.3 Å². The highest BCUT2D eigenvalue weighted by Crippen LogP contribution is 2.18. The first-order valence-electron chi connectivity index (χ1n) is 7.61. The van der Waals surface area contributed by atoms with Crippen molar-refractivity contribution in [1.82, 2.24) is 10.3 Å². The van der Waals surface area contributed by atoms with Crippen LogP contribution in [0.3, 0.4) is 0 Å². The zero-order valence-electron chi connectivity index (χ0n) is 13.5. The molecule has 1 amide bonds. The third-order valence-corrected chi connectivity index (χ3v) is 3.14. The van der Waals surface area contributed by atoms with E-state index >= 15 is 0 Å². The van der Waals surface area contributed by atoms with E-state index < -0.39 is 6.10 Å². The van der Waals surface area contributed by atoms with Gasteiger partial charge in [0, 0.05) is 18.5 Å². The summed E-state index contributed by atoms with van der Waals surface area (Å²) in [6.07, 6.45) is 1.08. The smallest absolute Gasteiger partial charge is 0.270 e. The molecule has 0 spiro atoms. The molecule has 6 nitrogen and oxygen atoms in total. The Bertz CT molecular complexity index is 625. The van der Waals surface area contributed by atoms with Gasteiger partial charge in [-0.1, -0.05) is 6.07 Å². The number of hydrogen-bond acceptors (Lipinski definition) is 5. The Kier molecular flexibility index (Phi) is 5.76. The van der Waals surface area contributed by atoms with Crippen molar-refractivity contribution < 1.29 is 19.1 Å². The fraction of sp³-hybridized carbons (Fsp3) is 0.412. The highest BCUT2D eigenvalue weighted by molar-refractivity contribution is 5.92. The van der Waals surface area contributed by atoms with Gasteiger partial charge in [-0.15, -0.1) is 0 Å². The minimum Gasteiger partial charge on any atom is -0.475 e. The molecule has 0 aliphatic rings. The van der Waals surface area contributed by atoms with Crippen LogP contribution >= 0.6 is 0 Å². The van der Waals surface area contributed by atoms with Crippen LogP contribution in [-0.2, 0) is 0 Å². The summed E-state index contributed by atoms with van der Waals surface area (Å²) in [7, 11) is 0. The Balaban J connectivity index is 1.93. The summed E-state index contributed by atoms with van der Waals surface area (Å²) in [5.74, 6) is 0.589. The molecule has 2 unspecified atom stereocenters. The number of carbonyl (C=O) groups excluding carboxylic acids is 1. The summed E-state index contributed by atoms with van der Waals surface area (Å²) in [4.78, 5) is 16.4. The second-order valence-electron chi connectivity index (χ2n) is 5.67. The van der Waals surface area contributed by atoms with Gasteiger partial charge in [0.15, 0.2) is 0 Å². The van der Waals surface area contributed by atoms with Crippen molar-refractivity contribution >= 4 is 5.91 Å². The fourth-order valence-corrected chi connectivity index (χ4v) is 2.14. The van der Waals surface area contributed by atoms with Crippen LogP contribution in [-0.4, -0.2) is 28.1 Å². The minimum absolute atomic E-state index is 0.0109. The van der Waals surface area contributed by atoms with Crippen molar-refractivity contribution in [1.29, 1.82) is 0 Å². The number of aliphatic hydroxyl groups excluding tert-OH is 1. The lowest BCUT2D eigenvalue weighted by atomic mass is 10.1. The molecule has 2 rings (SSSR count). The van der Waals surface area contributed by atoms with E-state index in [1.165, 1.54) is 6.26 Å². The first kappa shape index (κ1) is 17.0. The third kappa shape index (κ3) is 5.10. The summed E-state index contributed by atoms with van der Waals surface area (Å²) >= 11 is 0. The molecule has 0 saturated carbocycles. The predicted molar refractivity (Wildman–Crippen MR) is 85.2 cm³/mol. The van der Waals surface area contributed by atoms with Crippen LogP contribution in [0.5, 0.6) is 5.88 Å². The molecule has 0 aliphatic carbocycles. The van der Waals surface area contributed by atoms with E-state index in [0.717, 1.165) is 0 Å². The second kappa shape index (κ2) is 7.78. The summed E-state index contributed by atoms with van der Waals surface area (Å²) in [6.45, 7) is 5.61. The lowest BCUT2D eigenvalue weighted by Gasteiger charge is -2.17. The van der Waals surface area contributed by atoms with E-state index in [0.29, 0.717) is 18.1 Å². The maximum Gasteiger partial charge on any atom is 0.270 e. The summed E-state index contributed by atoms with van der Waals surface area (Å²) < 4.78 is 10.6. The number of hydrogen-bond donors (Lipinski definition) is 2. The van der Waals surface area contributed by atoms with Gasteiger partial charge in [-0.25, -0.2) is 4.98 Å². The first-order chi connectivity index (χ1) is 11.0. The van der Waals surface area contributed by atoms with Crippen molar-refractivity contribution in [2.45, 2.75) is 45.4 Å². The number of nitrogens with one attached hydrogen (secondary N) is 1. The molecule has 0 bridgehead atoms. The van der Waals surface area contributed by atoms with Crippen LogP contribution in [0, 0.1) is 0 Å². The van der Waals surface area contributed by atoms with E-state index in [-0.39, 0.29) is 23.7 Å². The van der Waals surface area contributed by atoms with Gasteiger partial charge in [0.2, 0.25) is 5.88 Å². The molecular formula is C17H22N2O4. The quantitative estimate of drug-likeness (QED) is 0.820. The lowest BCUT2D eigenvalue weighted by Crippen LogP contribution is -2.34. The Labute approximate surface area is 135 Å². The molecule has 0 fully saturated rings. The van der Waals surface area contributed by atoms with Gasteiger partial charge in [0.25, 0.3) is 5.91 Å². The number of aromatic nitrogens is 1. The summed E-state index contributed by atoms with van der Waals surface area (Å²) in [5, 5.41) is 12.8. The van der Waals surface area contributed by atoms with Crippen LogP contribution in [0.15, 0.2) is 41.0 Å². The Morgan fingerprint density at radius 3 is 2.74 bits per heavy atom. The van der Waals surface area contributed by atoms with Gasteiger partial charge in [-0.2, -0.15) is 0 Å². The van der Waals surface area contributed by atoms with E-state index in [2.05, 4.69) is 10.3 Å². The molecule has 2 aromatic heterocycles. The van der Waals surface area contributed by atoms with Crippen LogP contribution < -0.4 is 10.1 Å². The fourth-order valence-electron chi connectivity index (χ4n) is 2.14. The van der Waals surface area contributed by atoms with Crippen LogP contribution in [0.25, 0.3) is 0 Å². The van der Waals surface area contributed by atoms with E-state index in [1.807, 2.05) is 20.8 Å². The normalized spacial score (nSPS) is 13.6.